The molecule has 4 N–H and O–H groups in total. The summed E-state index contributed by atoms with van der Waals surface area (Å²) in [6.45, 7) is 6.48. The van der Waals surface area contributed by atoms with E-state index in [2.05, 4.69) is 26.1 Å². The molecule has 0 radical (unpaired) electrons. The monoisotopic (exact) mass is 537 g/mol. The minimum atomic E-state index is -4.35. The Morgan fingerprint density at radius 2 is 1.78 bits per heavy atom. The van der Waals surface area contributed by atoms with Crippen molar-refractivity contribution in [3.8, 4) is 0 Å². The van der Waals surface area contributed by atoms with E-state index in [4.69, 9.17) is 0 Å². The van der Waals surface area contributed by atoms with Crippen LogP contribution in [0.4, 0.5) is 0 Å². The Morgan fingerprint density at radius 1 is 1.08 bits per heavy atom. The van der Waals surface area contributed by atoms with Crippen LogP contribution in [0.15, 0.2) is 0 Å². The van der Waals surface area contributed by atoms with Gasteiger partial charge in [0, 0.05) is 13.0 Å². The second-order valence-electron chi connectivity index (χ2n) is 12.7. The summed E-state index contributed by atoms with van der Waals surface area (Å²) in [6.07, 6.45) is 5.58. The molecular weight excluding hydrogens is 493 g/mol. The van der Waals surface area contributed by atoms with Crippen LogP contribution in [0, 0.1) is 46.3 Å². The first-order chi connectivity index (χ1) is 16.3. The molecule has 4 aliphatic rings. The third-order valence-corrected chi connectivity index (χ3v) is 11.7. The molecular formula is C26H44NNaO7S. The third kappa shape index (κ3) is 5.74. The fourth-order valence-electron chi connectivity index (χ4n) is 9.10. The first-order valence-electron chi connectivity index (χ1n) is 13.5. The summed E-state index contributed by atoms with van der Waals surface area (Å²) < 4.78 is 32.2. The molecule has 4 fully saturated rings. The average Bonchev–Trinajstić information content (AvgIpc) is 3.12. The van der Waals surface area contributed by atoms with Crippen LogP contribution in [0.3, 0.4) is 0 Å². The zero-order chi connectivity index (χ0) is 25.8. The molecule has 0 aromatic rings. The van der Waals surface area contributed by atoms with Crippen molar-refractivity contribution in [3.63, 3.8) is 0 Å². The summed E-state index contributed by atoms with van der Waals surface area (Å²) in [6, 6.07) is 0. The smallest absolute Gasteiger partial charge is 0.748 e. The first-order valence-corrected chi connectivity index (χ1v) is 15.1. The second kappa shape index (κ2) is 11.4. The molecule has 5 unspecified atom stereocenters. The van der Waals surface area contributed by atoms with Crippen molar-refractivity contribution in [2.75, 3.05) is 12.3 Å². The van der Waals surface area contributed by atoms with Gasteiger partial charge in [-0.2, -0.15) is 0 Å². The Bertz CT molecular complexity index is 903. The van der Waals surface area contributed by atoms with Crippen molar-refractivity contribution in [2.24, 2.45) is 46.3 Å². The SMILES string of the molecule is C[C@H](CCC(=O)NCCS(=O)(=O)[O-])[C@H]1CCC2C3C(O)CC4C[C@H](O)CC[C@]4(C)C3C[C@H](O)[C@@]21C.[Na+]. The van der Waals surface area contributed by atoms with E-state index in [-0.39, 0.29) is 95.0 Å². The number of hydrogen-bond donors (Lipinski definition) is 4. The van der Waals surface area contributed by atoms with E-state index in [1.54, 1.807) is 0 Å². The fraction of sp³-hybridized carbons (Fsp3) is 0.962. The van der Waals surface area contributed by atoms with Gasteiger partial charge in [-0.1, -0.05) is 20.8 Å². The minimum absolute atomic E-state index is 0. The van der Waals surface area contributed by atoms with E-state index in [1.165, 1.54) is 0 Å². The van der Waals surface area contributed by atoms with E-state index in [9.17, 15) is 33.1 Å². The molecule has 0 aliphatic heterocycles. The summed E-state index contributed by atoms with van der Waals surface area (Å²) in [7, 11) is -4.35. The molecule has 8 nitrogen and oxygen atoms in total. The predicted octanol–water partition coefficient (Wildman–Crippen LogP) is -0.970. The van der Waals surface area contributed by atoms with Gasteiger partial charge in [0.2, 0.25) is 5.91 Å². The average molecular weight is 538 g/mol. The van der Waals surface area contributed by atoms with E-state index < -0.39 is 28.1 Å². The Balaban J connectivity index is 0.00000361. The quantitative estimate of drug-likeness (QED) is 0.241. The number of amides is 1. The second-order valence-corrected chi connectivity index (χ2v) is 14.2. The van der Waals surface area contributed by atoms with Crippen LogP contribution in [-0.4, -0.2) is 64.8 Å². The van der Waals surface area contributed by atoms with Gasteiger partial charge in [0.15, 0.2) is 0 Å². The maximum absolute atomic E-state index is 12.2. The summed E-state index contributed by atoms with van der Waals surface area (Å²) in [5, 5.41) is 35.7. The van der Waals surface area contributed by atoms with Crippen molar-refractivity contribution in [2.45, 2.75) is 96.9 Å². The Morgan fingerprint density at radius 3 is 2.44 bits per heavy atom. The Labute approximate surface area is 238 Å². The number of rotatable bonds is 7. The van der Waals surface area contributed by atoms with Gasteiger partial charge in [0.25, 0.3) is 0 Å². The van der Waals surface area contributed by atoms with E-state index in [0.717, 1.165) is 38.5 Å². The van der Waals surface area contributed by atoms with Crippen molar-refractivity contribution >= 4 is 16.0 Å². The molecule has 10 heteroatoms. The maximum atomic E-state index is 12.2. The molecule has 36 heavy (non-hydrogen) atoms. The van der Waals surface area contributed by atoms with Gasteiger partial charge in [-0.3, -0.25) is 4.79 Å². The number of fused-ring (bicyclic) bond motifs is 5. The number of carbonyl (C=O) groups excluding carboxylic acids is 1. The normalized spacial score (nSPS) is 45.0. The predicted molar refractivity (Wildman–Crippen MR) is 130 cm³/mol. The van der Waals surface area contributed by atoms with Gasteiger partial charge in [-0.15, -0.1) is 0 Å². The summed E-state index contributed by atoms with van der Waals surface area (Å²) >= 11 is 0. The van der Waals surface area contributed by atoms with E-state index in [0.29, 0.717) is 18.8 Å². The molecule has 202 valence electrons. The zero-order valence-electron chi connectivity index (χ0n) is 22.4. The van der Waals surface area contributed by atoms with Crippen LogP contribution in [0.1, 0.15) is 78.6 Å². The molecule has 11 atom stereocenters. The van der Waals surface area contributed by atoms with Crippen molar-refractivity contribution < 1.29 is 62.6 Å². The molecule has 0 aromatic heterocycles. The molecule has 0 heterocycles. The molecule has 4 saturated carbocycles. The maximum Gasteiger partial charge on any atom is 1.00 e. The minimum Gasteiger partial charge on any atom is -0.748 e. The van der Waals surface area contributed by atoms with Crippen LogP contribution in [0.5, 0.6) is 0 Å². The number of carbonyl (C=O) groups is 1. The van der Waals surface area contributed by atoms with Gasteiger partial charge in [0.1, 0.15) is 0 Å². The number of aliphatic hydroxyl groups excluding tert-OH is 3. The van der Waals surface area contributed by atoms with Gasteiger partial charge < -0.3 is 25.2 Å². The first kappa shape index (κ1) is 30.8. The van der Waals surface area contributed by atoms with Crippen LogP contribution < -0.4 is 34.9 Å². The Kier molecular flexibility index (Phi) is 9.75. The van der Waals surface area contributed by atoms with Gasteiger partial charge in [-0.05, 0) is 97.7 Å². The molecule has 0 bridgehead atoms. The molecule has 4 rings (SSSR count). The van der Waals surface area contributed by atoms with Crippen molar-refractivity contribution in [1.82, 2.24) is 5.32 Å². The molecule has 0 spiro atoms. The van der Waals surface area contributed by atoms with E-state index >= 15 is 0 Å². The zero-order valence-corrected chi connectivity index (χ0v) is 25.2. The fourth-order valence-corrected chi connectivity index (χ4v) is 9.45. The van der Waals surface area contributed by atoms with E-state index in [1.807, 2.05) is 0 Å². The number of hydrogen-bond acceptors (Lipinski definition) is 7. The number of nitrogens with one attached hydrogen (secondary N) is 1. The van der Waals surface area contributed by atoms with Crippen LogP contribution >= 0.6 is 0 Å². The van der Waals surface area contributed by atoms with Crippen LogP contribution in [0.25, 0.3) is 0 Å². The largest absolute Gasteiger partial charge is 1.00 e. The van der Waals surface area contributed by atoms with Gasteiger partial charge in [-0.25, -0.2) is 8.42 Å². The van der Waals surface area contributed by atoms with Crippen LogP contribution in [-0.2, 0) is 14.9 Å². The Hall–Kier alpha value is 0.260. The molecule has 0 aromatic carbocycles. The summed E-state index contributed by atoms with van der Waals surface area (Å²) in [5.41, 5.74) is -0.267. The van der Waals surface area contributed by atoms with Gasteiger partial charge in [0.05, 0.1) is 34.2 Å². The van der Waals surface area contributed by atoms with Crippen LogP contribution in [0.2, 0.25) is 0 Å². The summed E-state index contributed by atoms with van der Waals surface area (Å²) in [5.74, 6) is 0.522. The van der Waals surface area contributed by atoms with Gasteiger partial charge >= 0.3 is 29.6 Å². The molecule has 1 amide bonds. The van der Waals surface area contributed by atoms with Crippen molar-refractivity contribution in [1.29, 1.82) is 0 Å². The third-order valence-electron chi connectivity index (χ3n) is 11.0. The van der Waals surface area contributed by atoms with Crippen molar-refractivity contribution in [3.05, 3.63) is 0 Å². The number of aliphatic hydroxyl groups is 3. The topological polar surface area (TPSA) is 147 Å². The molecule has 4 aliphatic carbocycles. The molecule has 0 saturated heterocycles. The summed E-state index contributed by atoms with van der Waals surface area (Å²) in [4.78, 5) is 12.2. The standard InChI is InChI=1S/C26H45NO7S.Na/c1-15(4-7-23(31)27-10-11-35(32,33)34)18-5-6-19-24-20(14-22(30)26(18,19)3)25(2)9-8-17(28)12-16(25)13-21(24)29;/h15-22,24,28-30H,4-14H2,1-3H3,(H,27,31)(H,32,33,34);/q;+1/p-1/t15-,16?,17-,18-,19?,20?,21?,22+,24?,25+,26-;/m1./s1.